The summed E-state index contributed by atoms with van der Waals surface area (Å²) in [4.78, 5) is 18.3. The van der Waals surface area contributed by atoms with E-state index in [1.165, 1.54) is 12.1 Å². The van der Waals surface area contributed by atoms with Crippen LogP contribution in [-0.4, -0.2) is 54.2 Å². The molecule has 0 bridgehead atoms. The second kappa shape index (κ2) is 9.87. The lowest BCUT2D eigenvalue weighted by molar-refractivity contribution is 0.0957. The Labute approximate surface area is 180 Å². The SMILES string of the molecule is CNC(=O)c1cccc(OCCCCN2CCC(c3noc4cc(F)ccc34)CC2)n1. The molecule has 0 spiro atoms. The van der Waals surface area contributed by atoms with Crippen molar-refractivity contribution in [2.24, 2.45) is 0 Å². The first-order valence-corrected chi connectivity index (χ1v) is 10.7. The van der Waals surface area contributed by atoms with Crippen molar-refractivity contribution in [3.05, 3.63) is 53.6 Å². The molecule has 0 saturated carbocycles. The third kappa shape index (κ3) is 5.19. The number of nitrogens with zero attached hydrogens (tertiary/aromatic N) is 3. The molecule has 0 aliphatic carbocycles. The van der Waals surface area contributed by atoms with Gasteiger partial charge in [-0.15, -0.1) is 0 Å². The fourth-order valence-corrected chi connectivity index (χ4v) is 4.02. The molecule has 1 aliphatic rings. The van der Waals surface area contributed by atoms with Gasteiger partial charge in [0.25, 0.3) is 5.91 Å². The average Bonchev–Trinajstić information content (AvgIpc) is 3.22. The number of likely N-dealkylation sites (tertiary alicyclic amines) is 1. The number of benzene rings is 1. The fraction of sp³-hybridized carbons (Fsp3) is 0.435. The summed E-state index contributed by atoms with van der Waals surface area (Å²) >= 11 is 0. The number of fused-ring (bicyclic) bond motifs is 1. The van der Waals surface area contributed by atoms with Crippen LogP contribution in [0.25, 0.3) is 11.0 Å². The molecule has 1 amide bonds. The van der Waals surface area contributed by atoms with E-state index in [0.717, 1.165) is 56.4 Å². The Hall–Kier alpha value is -3.00. The molecule has 3 heterocycles. The standard InChI is InChI=1S/C23H27FN4O3/c1-25-23(29)19-5-4-6-21(26-19)30-14-3-2-11-28-12-9-16(10-13-28)22-18-8-7-17(24)15-20(18)31-27-22/h4-8,15-16H,2-3,9-14H2,1H3,(H,25,29). The number of piperidine rings is 1. The van der Waals surface area contributed by atoms with Crippen LogP contribution in [0.4, 0.5) is 4.39 Å². The summed E-state index contributed by atoms with van der Waals surface area (Å²) in [6.45, 7) is 3.61. The number of aromatic nitrogens is 2. The van der Waals surface area contributed by atoms with Gasteiger partial charge in [-0.2, -0.15) is 0 Å². The molecule has 1 aliphatic heterocycles. The lowest BCUT2D eigenvalue weighted by Crippen LogP contribution is -2.34. The van der Waals surface area contributed by atoms with Crippen LogP contribution in [0.5, 0.6) is 5.88 Å². The molecule has 2 aromatic heterocycles. The van der Waals surface area contributed by atoms with E-state index in [1.54, 1.807) is 31.3 Å². The highest BCUT2D eigenvalue weighted by molar-refractivity contribution is 5.92. The molecule has 1 saturated heterocycles. The molecule has 1 fully saturated rings. The first kappa shape index (κ1) is 21.2. The number of nitrogens with one attached hydrogen (secondary N) is 1. The van der Waals surface area contributed by atoms with Crippen molar-refractivity contribution < 1.29 is 18.4 Å². The number of hydrogen-bond acceptors (Lipinski definition) is 6. The molecule has 7 nitrogen and oxygen atoms in total. The number of carbonyl (C=O) groups is 1. The molecule has 0 radical (unpaired) electrons. The second-order valence-electron chi connectivity index (χ2n) is 7.82. The smallest absolute Gasteiger partial charge is 0.269 e. The Morgan fingerprint density at radius 3 is 2.90 bits per heavy atom. The summed E-state index contributed by atoms with van der Waals surface area (Å²) < 4.78 is 24.4. The molecule has 31 heavy (non-hydrogen) atoms. The van der Waals surface area contributed by atoms with Crippen molar-refractivity contribution in [2.45, 2.75) is 31.6 Å². The first-order valence-electron chi connectivity index (χ1n) is 10.7. The number of amides is 1. The van der Waals surface area contributed by atoms with Gasteiger partial charge in [-0.1, -0.05) is 11.2 Å². The van der Waals surface area contributed by atoms with Crippen molar-refractivity contribution in [3.8, 4) is 5.88 Å². The van der Waals surface area contributed by atoms with Gasteiger partial charge >= 0.3 is 0 Å². The maximum atomic E-state index is 13.4. The Kier molecular flexibility index (Phi) is 6.76. The van der Waals surface area contributed by atoms with Gasteiger partial charge in [0.05, 0.1) is 12.3 Å². The minimum absolute atomic E-state index is 0.223. The van der Waals surface area contributed by atoms with Crippen LogP contribution in [0.3, 0.4) is 0 Å². The minimum Gasteiger partial charge on any atom is -0.478 e. The van der Waals surface area contributed by atoms with E-state index >= 15 is 0 Å². The molecule has 1 aromatic carbocycles. The number of carbonyl (C=O) groups excluding carboxylic acids is 1. The average molecular weight is 426 g/mol. The van der Waals surface area contributed by atoms with E-state index in [9.17, 15) is 9.18 Å². The fourth-order valence-electron chi connectivity index (χ4n) is 4.02. The van der Waals surface area contributed by atoms with E-state index in [4.69, 9.17) is 9.26 Å². The summed E-state index contributed by atoms with van der Waals surface area (Å²) in [6.07, 6.45) is 3.99. The van der Waals surface area contributed by atoms with Gasteiger partial charge in [0.1, 0.15) is 11.5 Å². The molecular weight excluding hydrogens is 399 g/mol. The maximum absolute atomic E-state index is 13.4. The van der Waals surface area contributed by atoms with Crippen LogP contribution in [0.1, 0.15) is 47.8 Å². The summed E-state index contributed by atoms with van der Waals surface area (Å²) in [5.74, 6) is 0.301. The monoisotopic (exact) mass is 426 g/mol. The van der Waals surface area contributed by atoms with E-state index in [2.05, 4.69) is 20.4 Å². The van der Waals surface area contributed by atoms with Crippen LogP contribution >= 0.6 is 0 Å². The molecule has 0 unspecified atom stereocenters. The van der Waals surface area contributed by atoms with Crippen molar-refractivity contribution in [2.75, 3.05) is 33.3 Å². The van der Waals surface area contributed by atoms with Crippen LogP contribution < -0.4 is 10.1 Å². The Balaban J connectivity index is 1.18. The number of unbranched alkanes of at least 4 members (excludes halogenated alkanes) is 1. The highest BCUT2D eigenvalue weighted by Crippen LogP contribution is 2.32. The summed E-state index contributed by atoms with van der Waals surface area (Å²) in [7, 11) is 1.58. The number of rotatable bonds is 8. The predicted molar refractivity (Wildman–Crippen MR) is 115 cm³/mol. The van der Waals surface area contributed by atoms with Crippen LogP contribution in [0.15, 0.2) is 40.9 Å². The molecule has 1 N–H and O–H groups in total. The normalized spacial score (nSPS) is 15.3. The summed E-state index contributed by atoms with van der Waals surface area (Å²) in [5, 5.41) is 7.69. The quantitative estimate of drug-likeness (QED) is 0.553. The molecular formula is C23H27FN4O3. The lowest BCUT2D eigenvalue weighted by Gasteiger charge is -2.31. The van der Waals surface area contributed by atoms with Gasteiger partial charge in [-0.3, -0.25) is 4.79 Å². The highest BCUT2D eigenvalue weighted by Gasteiger charge is 2.24. The van der Waals surface area contributed by atoms with E-state index in [0.29, 0.717) is 29.7 Å². The number of hydrogen-bond donors (Lipinski definition) is 1. The zero-order valence-corrected chi connectivity index (χ0v) is 17.6. The Bertz CT molecular complexity index is 1030. The zero-order valence-electron chi connectivity index (χ0n) is 17.6. The predicted octanol–water partition coefficient (Wildman–Crippen LogP) is 3.76. The van der Waals surface area contributed by atoms with Gasteiger partial charge < -0.3 is 19.5 Å². The van der Waals surface area contributed by atoms with Gasteiger partial charge in [0, 0.05) is 30.5 Å². The van der Waals surface area contributed by atoms with Gasteiger partial charge in [0.15, 0.2) is 5.58 Å². The van der Waals surface area contributed by atoms with Crippen molar-refractivity contribution in [1.29, 1.82) is 0 Å². The second-order valence-corrected chi connectivity index (χ2v) is 7.82. The molecule has 164 valence electrons. The zero-order chi connectivity index (χ0) is 21.6. The molecule has 0 atom stereocenters. The largest absolute Gasteiger partial charge is 0.478 e. The molecule has 3 aromatic rings. The Morgan fingerprint density at radius 1 is 1.26 bits per heavy atom. The van der Waals surface area contributed by atoms with Gasteiger partial charge in [-0.05, 0) is 63.5 Å². The van der Waals surface area contributed by atoms with Crippen molar-refractivity contribution in [3.63, 3.8) is 0 Å². The summed E-state index contributed by atoms with van der Waals surface area (Å²) in [6, 6.07) is 9.82. The molecule has 4 rings (SSSR count). The Morgan fingerprint density at radius 2 is 2.10 bits per heavy atom. The van der Waals surface area contributed by atoms with Gasteiger partial charge in [0.2, 0.25) is 5.88 Å². The summed E-state index contributed by atoms with van der Waals surface area (Å²) in [5.41, 5.74) is 1.83. The lowest BCUT2D eigenvalue weighted by atomic mass is 9.91. The number of ether oxygens (including phenoxy) is 1. The first-order chi connectivity index (χ1) is 15.1. The third-order valence-corrected chi connectivity index (χ3v) is 5.74. The molecule has 8 heteroatoms. The van der Waals surface area contributed by atoms with E-state index in [-0.39, 0.29) is 11.7 Å². The number of pyridine rings is 1. The van der Waals surface area contributed by atoms with Crippen LogP contribution in [-0.2, 0) is 0 Å². The maximum Gasteiger partial charge on any atom is 0.269 e. The highest BCUT2D eigenvalue weighted by atomic mass is 19.1. The third-order valence-electron chi connectivity index (χ3n) is 5.74. The van der Waals surface area contributed by atoms with Gasteiger partial charge in [-0.25, -0.2) is 9.37 Å². The van der Waals surface area contributed by atoms with Crippen molar-refractivity contribution in [1.82, 2.24) is 20.4 Å². The van der Waals surface area contributed by atoms with Crippen LogP contribution in [0, 0.1) is 5.82 Å². The minimum atomic E-state index is -0.302. The van der Waals surface area contributed by atoms with Crippen LogP contribution in [0.2, 0.25) is 0 Å². The van der Waals surface area contributed by atoms with E-state index in [1.807, 2.05) is 0 Å². The van der Waals surface area contributed by atoms with E-state index < -0.39 is 0 Å². The number of halogens is 1. The van der Waals surface area contributed by atoms with Crippen molar-refractivity contribution >= 4 is 16.9 Å². The topological polar surface area (TPSA) is 80.5 Å².